The molecule has 0 radical (unpaired) electrons. The maximum atomic E-state index is 11.6. The summed E-state index contributed by atoms with van der Waals surface area (Å²) in [5.74, 6) is -0.102. The van der Waals surface area contributed by atoms with Crippen molar-refractivity contribution in [3.05, 3.63) is 11.6 Å². The lowest BCUT2D eigenvalue weighted by atomic mass is 9.99. The van der Waals surface area contributed by atoms with E-state index in [4.69, 9.17) is 4.74 Å². The maximum Gasteiger partial charge on any atom is 0.334 e. The third-order valence-electron chi connectivity index (χ3n) is 9.23. The second-order valence-corrected chi connectivity index (χ2v) is 13.5. The molecule has 1 aliphatic rings. The third kappa shape index (κ3) is 23.6. The first kappa shape index (κ1) is 39.2. The fourth-order valence-electron chi connectivity index (χ4n) is 6.36. The Labute approximate surface area is 261 Å². The first-order chi connectivity index (χ1) is 20.5. The molecule has 0 aliphatic carbocycles. The van der Waals surface area contributed by atoms with E-state index in [1.54, 1.807) is 0 Å². The van der Waals surface area contributed by atoms with Gasteiger partial charge in [-0.3, -0.25) is 0 Å². The van der Waals surface area contributed by atoms with Gasteiger partial charge in [0.1, 0.15) is 6.10 Å². The summed E-state index contributed by atoms with van der Waals surface area (Å²) >= 11 is 0. The molecule has 1 aliphatic heterocycles. The number of esters is 1. The number of ether oxygens (including phenoxy) is 1. The van der Waals surface area contributed by atoms with E-state index in [1.807, 2.05) is 13.0 Å². The lowest BCUT2D eigenvalue weighted by Crippen LogP contribution is -2.25. The van der Waals surface area contributed by atoms with Crippen LogP contribution in [-0.4, -0.2) is 34.5 Å². The van der Waals surface area contributed by atoms with Gasteiger partial charge in [-0.05, 0) is 38.7 Å². The number of hydrogen-bond donors (Lipinski definition) is 2. The fraction of sp³-hybridized carbons (Fsp3) is 0.921. The molecule has 0 aromatic heterocycles. The molecule has 1 rings (SSSR count). The monoisotopic (exact) mass is 593 g/mol. The van der Waals surface area contributed by atoms with Gasteiger partial charge in [0, 0.05) is 5.57 Å². The number of aliphatic hydroxyl groups excluding tert-OH is 2. The first-order valence-corrected chi connectivity index (χ1v) is 18.8. The van der Waals surface area contributed by atoms with Gasteiger partial charge in [-0.25, -0.2) is 4.79 Å². The van der Waals surface area contributed by atoms with E-state index in [9.17, 15) is 15.0 Å². The zero-order valence-corrected chi connectivity index (χ0v) is 28.2. The normalized spacial score (nSPS) is 16.5. The van der Waals surface area contributed by atoms with Crippen LogP contribution < -0.4 is 0 Å². The van der Waals surface area contributed by atoms with Crippen LogP contribution in [0, 0.1) is 0 Å². The molecule has 42 heavy (non-hydrogen) atoms. The highest BCUT2D eigenvalue weighted by Gasteiger charge is 2.21. The van der Waals surface area contributed by atoms with Crippen molar-refractivity contribution >= 4 is 5.97 Å². The van der Waals surface area contributed by atoms with E-state index in [-0.39, 0.29) is 12.1 Å². The van der Waals surface area contributed by atoms with E-state index in [2.05, 4.69) is 6.92 Å². The number of cyclic esters (lactones) is 1. The second kappa shape index (κ2) is 28.9. The topological polar surface area (TPSA) is 66.8 Å². The molecule has 248 valence electrons. The predicted octanol–water partition coefficient (Wildman–Crippen LogP) is 11.3. The molecule has 0 amide bonds. The number of carbonyl (C=O) groups is 1. The summed E-state index contributed by atoms with van der Waals surface area (Å²) in [6, 6.07) is 0. The quantitative estimate of drug-likeness (QED) is 0.0602. The maximum absolute atomic E-state index is 11.6. The van der Waals surface area contributed by atoms with E-state index in [0.29, 0.717) is 0 Å². The molecule has 0 fully saturated rings. The Balaban J connectivity index is 1.74. The summed E-state index contributed by atoms with van der Waals surface area (Å²) in [6.07, 6.45) is 38.5. The number of unbranched alkanes of at least 4 members (excludes halogenated alkanes) is 25. The Hall–Kier alpha value is -0.870. The van der Waals surface area contributed by atoms with Crippen LogP contribution in [0.25, 0.3) is 0 Å². The van der Waals surface area contributed by atoms with Gasteiger partial charge in [0.2, 0.25) is 0 Å². The van der Waals surface area contributed by atoms with Gasteiger partial charge in [0.25, 0.3) is 0 Å². The Morgan fingerprint density at radius 1 is 0.548 bits per heavy atom. The van der Waals surface area contributed by atoms with Crippen LogP contribution in [0.4, 0.5) is 0 Å². The van der Waals surface area contributed by atoms with Crippen LogP contribution in [0.15, 0.2) is 11.6 Å². The average Bonchev–Trinajstić information content (AvgIpc) is 3.31. The van der Waals surface area contributed by atoms with Crippen LogP contribution >= 0.6 is 0 Å². The van der Waals surface area contributed by atoms with Gasteiger partial charge < -0.3 is 14.9 Å². The van der Waals surface area contributed by atoms with Gasteiger partial charge in [0.05, 0.1) is 12.2 Å². The molecular formula is C38H72O4. The van der Waals surface area contributed by atoms with Crippen molar-refractivity contribution in [2.45, 2.75) is 225 Å². The molecule has 4 heteroatoms. The second-order valence-electron chi connectivity index (χ2n) is 13.5. The summed E-state index contributed by atoms with van der Waals surface area (Å²) < 4.78 is 5.15. The standard InChI is InChI=1S/C38H72O4/c1-3-4-5-6-7-8-15-19-22-25-28-31-36(39)37(40)32-29-26-23-20-17-14-12-10-9-11-13-16-18-21-24-27-30-35-33-34(2)42-38(35)41/h33-34,36-37,39-40H,3-32H2,1-2H3. The van der Waals surface area contributed by atoms with E-state index in [0.717, 1.165) is 44.1 Å². The molecule has 1 heterocycles. The first-order valence-electron chi connectivity index (χ1n) is 18.8. The minimum absolute atomic E-state index is 0.0293. The van der Waals surface area contributed by atoms with Gasteiger partial charge in [-0.15, -0.1) is 0 Å². The highest BCUT2D eigenvalue weighted by atomic mass is 16.5. The van der Waals surface area contributed by atoms with Crippen molar-refractivity contribution in [3.8, 4) is 0 Å². The number of rotatable bonds is 32. The summed E-state index contributed by atoms with van der Waals surface area (Å²) in [4.78, 5) is 11.6. The zero-order chi connectivity index (χ0) is 30.5. The van der Waals surface area contributed by atoms with E-state index in [1.165, 1.54) is 154 Å². The molecule has 2 N–H and O–H groups in total. The van der Waals surface area contributed by atoms with Crippen molar-refractivity contribution in [2.24, 2.45) is 0 Å². The highest BCUT2D eigenvalue weighted by Crippen LogP contribution is 2.21. The van der Waals surface area contributed by atoms with Crippen molar-refractivity contribution in [1.29, 1.82) is 0 Å². The molecule has 4 nitrogen and oxygen atoms in total. The summed E-state index contributed by atoms with van der Waals surface area (Å²) in [5.41, 5.74) is 0.887. The van der Waals surface area contributed by atoms with Crippen LogP contribution in [-0.2, 0) is 9.53 Å². The van der Waals surface area contributed by atoms with Crippen LogP contribution in [0.5, 0.6) is 0 Å². The molecule has 0 spiro atoms. The number of aliphatic hydroxyl groups is 2. The Morgan fingerprint density at radius 2 is 0.857 bits per heavy atom. The molecule has 3 atom stereocenters. The van der Waals surface area contributed by atoms with Crippen molar-refractivity contribution in [1.82, 2.24) is 0 Å². The van der Waals surface area contributed by atoms with Gasteiger partial charge in [0.15, 0.2) is 0 Å². The predicted molar refractivity (Wildman–Crippen MR) is 180 cm³/mol. The minimum Gasteiger partial charge on any atom is -0.455 e. The Kier molecular flexibility index (Phi) is 26.9. The number of hydrogen-bond acceptors (Lipinski definition) is 4. The van der Waals surface area contributed by atoms with Crippen LogP contribution in [0.1, 0.15) is 206 Å². The SMILES string of the molecule is CCCCCCCCCCCCCC(O)C(O)CCCCCCCCCCCCCCCCCCC1=CC(C)OC1=O. The lowest BCUT2D eigenvalue weighted by molar-refractivity contribution is -0.139. The summed E-state index contributed by atoms with van der Waals surface area (Å²) in [7, 11) is 0. The smallest absolute Gasteiger partial charge is 0.334 e. The molecule has 3 unspecified atom stereocenters. The summed E-state index contributed by atoms with van der Waals surface area (Å²) in [6.45, 7) is 4.20. The fourth-order valence-corrected chi connectivity index (χ4v) is 6.36. The molecule has 0 bridgehead atoms. The zero-order valence-electron chi connectivity index (χ0n) is 28.2. The minimum atomic E-state index is -0.529. The van der Waals surface area contributed by atoms with Crippen LogP contribution in [0.3, 0.4) is 0 Å². The van der Waals surface area contributed by atoms with Crippen molar-refractivity contribution in [3.63, 3.8) is 0 Å². The highest BCUT2D eigenvalue weighted by molar-refractivity contribution is 5.90. The number of carbonyl (C=O) groups excluding carboxylic acids is 1. The molecule has 0 saturated heterocycles. The van der Waals surface area contributed by atoms with Crippen molar-refractivity contribution in [2.75, 3.05) is 0 Å². The van der Waals surface area contributed by atoms with Gasteiger partial charge in [-0.2, -0.15) is 0 Å². The average molecular weight is 593 g/mol. The largest absolute Gasteiger partial charge is 0.455 e. The van der Waals surface area contributed by atoms with Crippen LogP contribution in [0.2, 0.25) is 0 Å². The molecule has 0 saturated carbocycles. The van der Waals surface area contributed by atoms with E-state index >= 15 is 0 Å². The molecule has 0 aromatic carbocycles. The lowest BCUT2D eigenvalue weighted by Gasteiger charge is -2.17. The van der Waals surface area contributed by atoms with E-state index < -0.39 is 12.2 Å². The summed E-state index contributed by atoms with van der Waals surface area (Å²) in [5, 5.41) is 20.6. The Bertz CT molecular complexity index is 631. The molecular weight excluding hydrogens is 520 g/mol. The Morgan fingerprint density at radius 3 is 1.17 bits per heavy atom. The van der Waals surface area contributed by atoms with Gasteiger partial charge >= 0.3 is 5.97 Å². The van der Waals surface area contributed by atoms with Gasteiger partial charge in [-0.1, -0.05) is 174 Å². The van der Waals surface area contributed by atoms with Crippen molar-refractivity contribution < 1.29 is 19.7 Å². The third-order valence-corrected chi connectivity index (χ3v) is 9.23. The molecule has 0 aromatic rings.